The van der Waals surface area contributed by atoms with Crippen LogP contribution in [0.25, 0.3) is 0 Å². The van der Waals surface area contributed by atoms with Crippen LogP contribution in [0.3, 0.4) is 0 Å². The summed E-state index contributed by atoms with van der Waals surface area (Å²) in [6, 6.07) is 9.73. The third-order valence-corrected chi connectivity index (χ3v) is 3.26. The first-order valence-corrected chi connectivity index (χ1v) is 6.60. The summed E-state index contributed by atoms with van der Waals surface area (Å²) >= 11 is 0. The predicted octanol–water partition coefficient (Wildman–Crippen LogP) is 2.45. The minimum atomic E-state index is -0.438. The van der Waals surface area contributed by atoms with Gasteiger partial charge in [0.2, 0.25) is 0 Å². The Morgan fingerprint density at radius 2 is 1.85 bits per heavy atom. The molecule has 0 saturated heterocycles. The van der Waals surface area contributed by atoms with Crippen molar-refractivity contribution in [3.63, 3.8) is 0 Å². The standard InChI is InChI=1S/C16H18O4/c1-11(17)14-8-9-15(13-6-4-3-5-7-13)20-16(14)10-19-12(2)18/h3-9,14-16H,10H2,1-2H3/t14-,15-,16+/m0/s1. The highest BCUT2D eigenvalue weighted by Gasteiger charge is 2.31. The van der Waals surface area contributed by atoms with Crippen molar-refractivity contribution in [1.82, 2.24) is 0 Å². The molecule has 1 aromatic rings. The van der Waals surface area contributed by atoms with Gasteiger partial charge in [0.15, 0.2) is 0 Å². The largest absolute Gasteiger partial charge is 0.463 e. The molecule has 0 unspecified atom stereocenters. The topological polar surface area (TPSA) is 52.6 Å². The van der Waals surface area contributed by atoms with E-state index in [1.165, 1.54) is 13.8 Å². The van der Waals surface area contributed by atoms with Gasteiger partial charge in [-0.2, -0.15) is 0 Å². The number of carbonyl (C=O) groups is 2. The third-order valence-electron chi connectivity index (χ3n) is 3.26. The molecule has 1 heterocycles. The van der Waals surface area contributed by atoms with E-state index in [1.807, 2.05) is 42.5 Å². The molecule has 0 radical (unpaired) electrons. The lowest BCUT2D eigenvalue weighted by molar-refractivity contribution is -0.151. The number of ether oxygens (including phenoxy) is 2. The van der Waals surface area contributed by atoms with Gasteiger partial charge in [-0.15, -0.1) is 0 Å². The molecule has 20 heavy (non-hydrogen) atoms. The van der Waals surface area contributed by atoms with Gasteiger partial charge < -0.3 is 9.47 Å². The molecule has 0 amide bonds. The van der Waals surface area contributed by atoms with Crippen molar-refractivity contribution < 1.29 is 19.1 Å². The van der Waals surface area contributed by atoms with Gasteiger partial charge in [0, 0.05) is 6.92 Å². The number of ketones is 1. The van der Waals surface area contributed by atoms with E-state index < -0.39 is 6.10 Å². The van der Waals surface area contributed by atoms with Crippen molar-refractivity contribution in [3.05, 3.63) is 48.0 Å². The first kappa shape index (κ1) is 14.5. The highest BCUT2D eigenvalue weighted by atomic mass is 16.6. The highest BCUT2D eigenvalue weighted by molar-refractivity contribution is 5.81. The van der Waals surface area contributed by atoms with Crippen LogP contribution >= 0.6 is 0 Å². The van der Waals surface area contributed by atoms with Crippen LogP contribution in [-0.2, 0) is 19.1 Å². The van der Waals surface area contributed by atoms with Crippen LogP contribution in [0.4, 0.5) is 0 Å². The summed E-state index contributed by atoms with van der Waals surface area (Å²) < 4.78 is 10.9. The van der Waals surface area contributed by atoms with Crippen molar-refractivity contribution in [3.8, 4) is 0 Å². The molecule has 0 fully saturated rings. The summed E-state index contributed by atoms with van der Waals surface area (Å²) in [6.45, 7) is 2.95. The molecular formula is C16H18O4. The van der Waals surface area contributed by atoms with Crippen LogP contribution in [0.5, 0.6) is 0 Å². The number of benzene rings is 1. The second-order valence-corrected chi connectivity index (χ2v) is 4.83. The second-order valence-electron chi connectivity index (χ2n) is 4.83. The smallest absolute Gasteiger partial charge is 0.302 e. The minimum Gasteiger partial charge on any atom is -0.463 e. The van der Waals surface area contributed by atoms with Gasteiger partial charge in [0.25, 0.3) is 0 Å². The van der Waals surface area contributed by atoms with E-state index in [2.05, 4.69) is 0 Å². The lowest BCUT2D eigenvalue weighted by Crippen LogP contribution is -2.36. The van der Waals surface area contributed by atoms with E-state index in [9.17, 15) is 9.59 Å². The Morgan fingerprint density at radius 3 is 2.45 bits per heavy atom. The van der Waals surface area contributed by atoms with Crippen molar-refractivity contribution in [1.29, 1.82) is 0 Å². The number of esters is 1. The van der Waals surface area contributed by atoms with E-state index >= 15 is 0 Å². The number of rotatable bonds is 4. The molecule has 4 nitrogen and oxygen atoms in total. The maximum absolute atomic E-state index is 11.6. The fraction of sp³-hybridized carbons (Fsp3) is 0.375. The first-order valence-electron chi connectivity index (χ1n) is 6.60. The van der Waals surface area contributed by atoms with E-state index in [4.69, 9.17) is 9.47 Å². The molecule has 1 aliphatic heterocycles. The average molecular weight is 274 g/mol. The Balaban J connectivity index is 2.14. The summed E-state index contributed by atoms with van der Waals surface area (Å²) in [5, 5.41) is 0. The average Bonchev–Trinajstić information content (AvgIpc) is 2.45. The number of carbonyl (C=O) groups excluding carboxylic acids is 2. The third kappa shape index (κ3) is 3.54. The zero-order chi connectivity index (χ0) is 14.5. The van der Waals surface area contributed by atoms with Gasteiger partial charge in [-0.05, 0) is 12.5 Å². The van der Waals surface area contributed by atoms with Gasteiger partial charge in [-0.3, -0.25) is 9.59 Å². The molecule has 2 rings (SSSR count). The van der Waals surface area contributed by atoms with Gasteiger partial charge in [0.1, 0.15) is 24.6 Å². The fourth-order valence-electron chi connectivity index (χ4n) is 2.23. The lowest BCUT2D eigenvalue weighted by atomic mass is 9.93. The number of hydrogen-bond acceptors (Lipinski definition) is 4. The molecule has 0 bridgehead atoms. The molecule has 0 saturated carbocycles. The Labute approximate surface area is 118 Å². The predicted molar refractivity (Wildman–Crippen MR) is 74.0 cm³/mol. The number of Topliss-reactive ketones (excluding diaryl/α,β-unsaturated/α-hetero) is 1. The van der Waals surface area contributed by atoms with Crippen molar-refractivity contribution in [2.45, 2.75) is 26.1 Å². The van der Waals surface area contributed by atoms with E-state index in [0.717, 1.165) is 5.56 Å². The Bertz CT molecular complexity index is 506. The van der Waals surface area contributed by atoms with Crippen molar-refractivity contribution in [2.75, 3.05) is 6.61 Å². The SMILES string of the molecule is CC(=O)OC[C@H]1O[C@H](c2ccccc2)C=C[C@H]1C(C)=O. The maximum atomic E-state index is 11.6. The van der Waals surface area contributed by atoms with Gasteiger partial charge >= 0.3 is 5.97 Å². The molecule has 1 aromatic carbocycles. The lowest BCUT2D eigenvalue weighted by Gasteiger charge is -2.31. The molecule has 0 spiro atoms. The van der Waals surface area contributed by atoms with Gasteiger partial charge in [-0.1, -0.05) is 42.5 Å². The normalized spacial score (nSPS) is 25.2. The monoisotopic (exact) mass is 274 g/mol. The molecular weight excluding hydrogens is 256 g/mol. The molecule has 0 aromatic heterocycles. The molecule has 3 atom stereocenters. The highest BCUT2D eigenvalue weighted by Crippen LogP contribution is 2.29. The Kier molecular flexibility index (Phi) is 4.69. The summed E-state index contributed by atoms with van der Waals surface area (Å²) in [5.74, 6) is -0.735. The Morgan fingerprint density at radius 1 is 1.15 bits per heavy atom. The molecule has 106 valence electrons. The summed E-state index contributed by atoms with van der Waals surface area (Å²) in [6.07, 6.45) is 3.07. The Hall–Kier alpha value is -1.94. The van der Waals surface area contributed by atoms with Crippen LogP contribution in [0, 0.1) is 5.92 Å². The molecule has 1 aliphatic rings. The van der Waals surface area contributed by atoms with E-state index in [0.29, 0.717) is 0 Å². The zero-order valence-corrected chi connectivity index (χ0v) is 11.6. The minimum absolute atomic E-state index is 0.00455. The molecule has 4 heteroatoms. The summed E-state index contributed by atoms with van der Waals surface area (Å²) in [5.41, 5.74) is 1.01. The van der Waals surface area contributed by atoms with E-state index in [-0.39, 0.29) is 30.4 Å². The first-order chi connectivity index (χ1) is 9.58. The van der Waals surface area contributed by atoms with Crippen LogP contribution < -0.4 is 0 Å². The molecule has 0 N–H and O–H groups in total. The van der Waals surface area contributed by atoms with E-state index in [1.54, 1.807) is 0 Å². The van der Waals surface area contributed by atoms with Gasteiger partial charge in [0.05, 0.1) is 5.92 Å². The van der Waals surface area contributed by atoms with Crippen LogP contribution in [0.2, 0.25) is 0 Å². The maximum Gasteiger partial charge on any atom is 0.302 e. The van der Waals surface area contributed by atoms with Crippen LogP contribution in [-0.4, -0.2) is 24.5 Å². The quantitative estimate of drug-likeness (QED) is 0.625. The van der Waals surface area contributed by atoms with Crippen molar-refractivity contribution >= 4 is 11.8 Å². The van der Waals surface area contributed by atoms with Gasteiger partial charge in [-0.25, -0.2) is 0 Å². The molecule has 0 aliphatic carbocycles. The number of hydrogen-bond donors (Lipinski definition) is 0. The van der Waals surface area contributed by atoms with Crippen LogP contribution in [0.15, 0.2) is 42.5 Å². The van der Waals surface area contributed by atoms with Crippen LogP contribution in [0.1, 0.15) is 25.5 Å². The summed E-state index contributed by atoms with van der Waals surface area (Å²) in [7, 11) is 0. The summed E-state index contributed by atoms with van der Waals surface area (Å²) in [4.78, 5) is 22.6. The second kappa shape index (κ2) is 6.48. The van der Waals surface area contributed by atoms with Crippen molar-refractivity contribution in [2.24, 2.45) is 5.92 Å². The fourth-order valence-corrected chi connectivity index (χ4v) is 2.23. The zero-order valence-electron chi connectivity index (χ0n) is 11.6.